The monoisotopic (exact) mass is 386 g/mol. The van der Waals surface area contributed by atoms with Crippen molar-refractivity contribution in [1.29, 1.82) is 0 Å². The normalized spacial score (nSPS) is 23.7. The van der Waals surface area contributed by atoms with Crippen LogP contribution in [0.15, 0.2) is 30.3 Å². The summed E-state index contributed by atoms with van der Waals surface area (Å²) in [6, 6.07) is 7.32. The second kappa shape index (κ2) is 7.74. The minimum Gasteiger partial charge on any atom is -0.280 e. The lowest BCUT2D eigenvalue weighted by atomic mass is 9.68. The van der Waals surface area contributed by atoms with Crippen molar-refractivity contribution in [3.8, 4) is 0 Å². The zero-order valence-corrected chi connectivity index (χ0v) is 15.2. The van der Waals surface area contributed by atoms with Gasteiger partial charge < -0.3 is 0 Å². The van der Waals surface area contributed by atoms with E-state index in [1.54, 1.807) is 12.1 Å². The van der Waals surface area contributed by atoms with E-state index >= 15 is 4.39 Å². The summed E-state index contributed by atoms with van der Waals surface area (Å²) in [5.41, 5.74) is -2.59. The van der Waals surface area contributed by atoms with Crippen LogP contribution >= 0.6 is 0 Å². The van der Waals surface area contributed by atoms with Crippen molar-refractivity contribution in [3.05, 3.63) is 47.5 Å². The molecule has 1 aliphatic carbocycles. The summed E-state index contributed by atoms with van der Waals surface area (Å²) < 4.78 is 75.1. The molecule has 6 heteroatoms. The molecule has 2 aromatic rings. The van der Waals surface area contributed by atoms with Gasteiger partial charge in [-0.05, 0) is 36.6 Å². The van der Waals surface area contributed by atoms with E-state index in [-0.39, 0.29) is 11.8 Å². The van der Waals surface area contributed by atoms with Gasteiger partial charge in [0.25, 0.3) is 0 Å². The number of alkyl halides is 3. The van der Waals surface area contributed by atoms with Crippen LogP contribution in [0.2, 0.25) is 0 Å². The quantitative estimate of drug-likeness (QED) is 0.493. The van der Waals surface area contributed by atoms with Gasteiger partial charge in [0.1, 0.15) is 17.2 Å². The molecule has 1 aliphatic rings. The molecule has 0 aromatic heterocycles. The minimum atomic E-state index is -4.98. The first-order valence-electron chi connectivity index (χ1n) is 9.42. The number of rotatable bonds is 5. The van der Waals surface area contributed by atoms with E-state index in [4.69, 9.17) is 0 Å². The van der Waals surface area contributed by atoms with Crippen LogP contribution in [0.25, 0.3) is 10.8 Å². The molecule has 27 heavy (non-hydrogen) atoms. The molecule has 3 rings (SSSR count). The summed E-state index contributed by atoms with van der Waals surface area (Å²) >= 11 is 0. The van der Waals surface area contributed by atoms with E-state index < -0.39 is 35.1 Å². The maximum Gasteiger partial charge on any atom is 0.523 e. The zero-order valence-electron chi connectivity index (χ0n) is 15.2. The van der Waals surface area contributed by atoms with Crippen LogP contribution in [0.4, 0.5) is 22.0 Å². The third-order valence-electron chi connectivity index (χ3n) is 5.58. The first kappa shape index (κ1) is 20.1. The summed E-state index contributed by atoms with van der Waals surface area (Å²) in [7, 11) is 0. The number of fused-ring (bicyclic) bond motifs is 1. The average Bonchev–Trinajstić information content (AvgIpc) is 2.59. The molecule has 0 spiro atoms. The number of hydrogen-bond donors (Lipinski definition) is 0. The molecule has 1 saturated carbocycles. The lowest BCUT2D eigenvalue weighted by molar-refractivity contribution is -0.385. The van der Waals surface area contributed by atoms with E-state index in [1.807, 2.05) is 6.92 Å². The van der Waals surface area contributed by atoms with Gasteiger partial charge in [0.2, 0.25) is 0 Å². The lowest BCUT2D eigenvalue weighted by Gasteiger charge is -2.45. The summed E-state index contributed by atoms with van der Waals surface area (Å²) in [5, 5.41) is 0.429. The van der Waals surface area contributed by atoms with Gasteiger partial charge in [-0.25, -0.2) is 8.78 Å². The van der Waals surface area contributed by atoms with Crippen LogP contribution in [0, 0.1) is 17.6 Å². The van der Waals surface area contributed by atoms with Crippen LogP contribution < -0.4 is 0 Å². The highest BCUT2D eigenvalue weighted by Crippen LogP contribution is 2.52. The van der Waals surface area contributed by atoms with Gasteiger partial charge in [0.15, 0.2) is 0 Å². The molecule has 0 aliphatic heterocycles. The molecule has 2 atom stereocenters. The maximum absolute atomic E-state index is 15.3. The predicted molar refractivity (Wildman–Crippen MR) is 94.2 cm³/mol. The van der Waals surface area contributed by atoms with E-state index in [1.165, 1.54) is 12.1 Å². The molecule has 148 valence electrons. The van der Waals surface area contributed by atoms with Gasteiger partial charge in [-0.1, -0.05) is 56.9 Å². The Labute approximate surface area is 155 Å². The number of hydrogen-bond acceptors (Lipinski definition) is 1. The Morgan fingerprint density at radius 2 is 1.89 bits per heavy atom. The third-order valence-corrected chi connectivity index (χ3v) is 5.58. The second-order valence-corrected chi connectivity index (χ2v) is 7.29. The minimum absolute atomic E-state index is 0.0485. The average molecular weight is 386 g/mol. The Bertz CT molecular complexity index is 801. The highest BCUT2D eigenvalue weighted by molar-refractivity contribution is 5.84. The Balaban J connectivity index is 2.23. The van der Waals surface area contributed by atoms with E-state index in [0.717, 1.165) is 18.9 Å². The smallest absolute Gasteiger partial charge is 0.280 e. The number of halogens is 5. The molecule has 0 amide bonds. The summed E-state index contributed by atoms with van der Waals surface area (Å²) in [6.07, 6.45) is -1.48. The number of ether oxygens (including phenoxy) is 1. The van der Waals surface area contributed by atoms with E-state index in [2.05, 4.69) is 4.74 Å². The zero-order chi connectivity index (χ0) is 19.7. The standard InChI is InChI=1S/C21H23F5O/c1-2-3-9-15-10-6-7-12-20(15,27-21(24,25)26)18-17(22)13-14-8-4-5-11-16(14)19(18)23/h4-5,8,11,13,15H,2-3,6-7,9-10,12H2,1H3. The van der Waals surface area contributed by atoms with Gasteiger partial charge in [-0.3, -0.25) is 4.74 Å². The highest BCUT2D eigenvalue weighted by Gasteiger charge is 2.53. The molecular formula is C21H23F5O. The molecule has 0 N–H and O–H groups in total. The Morgan fingerprint density at radius 1 is 1.15 bits per heavy atom. The van der Waals surface area contributed by atoms with Crippen LogP contribution in [-0.4, -0.2) is 6.36 Å². The summed E-state index contributed by atoms with van der Waals surface area (Å²) in [4.78, 5) is 0. The molecule has 0 saturated heterocycles. The Kier molecular flexibility index (Phi) is 5.75. The van der Waals surface area contributed by atoms with Gasteiger partial charge in [0, 0.05) is 5.39 Å². The molecule has 2 aromatic carbocycles. The fourth-order valence-corrected chi connectivity index (χ4v) is 4.42. The van der Waals surface area contributed by atoms with Crippen LogP contribution in [0.3, 0.4) is 0 Å². The van der Waals surface area contributed by atoms with Crippen molar-refractivity contribution in [2.45, 2.75) is 63.8 Å². The fraction of sp³-hybridized carbons (Fsp3) is 0.524. The third kappa shape index (κ3) is 3.96. The topological polar surface area (TPSA) is 9.23 Å². The number of unbranched alkanes of at least 4 members (excludes halogenated alkanes) is 1. The van der Waals surface area contributed by atoms with Crippen molar-refractivity contribution in [1.82, 2.24) is 0 Å². The van der Waals surface area contributed by atoms with Crippen molar-refractivity contribution in [2.75, 3.05) is 0 Å². The maximum atomic E-state index is 15.3. The van der Waals surface area contributed by atoms with Crippen LogP contribution in [-0.2, 0) is 10.3 Å². The molecule has 0 radical (unpaired) electrons. The van der Waals surface area contributed by atoms with Crippen molar-refractivity contribution >= 4 is 10.8 Å². The van der Waals surface area contributed by atoms with Crippen molar-refractivity contribution in [3.63, 3.8) is 0 Å². The van der Waals surface area contributed by atoms with Gasteiger partial charge in [-0.2, -0.15) is 0 Å². The lowest BCUT2D eigenvalue weighted by Crippen LogP contribution is -2.46. The molecule has 1 nitrogen and oxygen atoms in total. The van der Waals surface area contributed by atoms with Crippen LogP contribution in [0.5, 0.6) is 0 Å². The number of benzene rings is 2. The van der Waals surface area contributed by atoms with E-state index in [0.29, 0.717) is 31.1 Å². The fourth-order valence-electron chi connectivity index (χ4n) is 4.42. The van der Waals surface area contributed by atoms with Gasteiger partial charge in [-0.15, -0.1) is 13.2 Å². The van der Waals surface area contributed by atoms with Crippen LogP contribution in [0.1, 0.15) is 57.4 Å². The van der Waals surface area contributed by atoms with Crippen molar-refractivity contribution < 1.29 is 26.7 Å². The van der Waals surface area contributed by atoms with Gasteiger partial charge >= 0.3 is 6.36 Å². The Morgan fingerprint density at radius 3 is 2.59 bits per heavy atom. The SMILES string of the molecule is CCCCC1CCCCC1(OC(F)(F)F)c1c(F)cc2ccccc2c1F. The highest BCUT2D eigenvalue weighted by atomic mass is 19.4. The second-order valence-electron chi connectivity index (χ2n) is 7.29. The molecular weight excluding hydrogens is 363 g/mol. The van der Waals surface area contributed by atoms with E-state index in [9.17, 15) is 17.6 Å². The largest absolute Gasteiger partial charge is 0.523 e. The Hall–Kier alpha value is -1.69. The molecule has 2 unspecified atom stereocenters. The summed E-state index contributed by atoms with van der Waals surface area (Å²) in [6.45, 7) is 1.94. The van der Waals surface area contributed by atoms with Crippen molar-refractivity contribution in [2.24, 2.45) is 5.92 Å². The molecule has 0 bridgehead atoms. The predicted octanol–water partition coefficient (Wildman–Crippen LogP) is 7.23. The molecule has 0 heterocycles. The molecule has 1 fully saturated rings. The van der Waals surface area contributed by atoms with Gasteiger partial charge in [0.05, 0.1) is 5.56 Å². The first-order valence-corrected chi connectivity index (χ1v) is 9.42. The summed E-state index contributed by atoms with van der Waals surface area (Å²) in [5.74, 6) is -2.50. The first-order chi connectivity index (χ1) is 12.8.